The molecule has 2 rings (SSSR count). The van der Waals surface area contributed by atoms with Crippen molar-refractivity contribution in [2.75, 3.05) is 12.8 Å². The third-order valence-corrected chi connectivity index (χ3v) is 4.66. The average molecular weight is 215 g/mol. The number of hydrogen-bond acceptors (Lipinski definition) is 3. The summed E-state index contributed by atoms with van der Waals surface area (Å²) in [5.74, 6) is -0.283. The van der Waals surface area contributed by atoms with E-state index in [0.717, 1.165) is 19.4 Å². The van der Waals surface area contributed by atoms with Gasteiger partial charge in [-0.05, 0) is 37.9 Å². The first kappa shape index (κ1) is 10.3. The summed E-state index contributed by atoms with van der Waals surface area (Å²) in [6.45, 7) is 0.863. The summed E-state index contributed by atoms with van der Waals surface area (Å²) in [7, 11) is 0. The van der Waals surface area contributed by atoms with E-state index in [1.165, 1.54) is 12.8 Å². The topological polar surface area (TPSA) is 49.3 Å². The van der Waals surface area contributed by atoms with Crippen LogP contribution in [0.5, 0.6) is 0 Å². The Balaban J connectivity index is 1.79. The summed E-state index contributed by atoms with van der Waals surface area (Å²) in [5.41, 5.74) is 0. The summed E-state index contributed by atoms with van der Waals surface area (Å²) in [6.07, 6.45) is 6.74. The molecule has 0 aromatic rings. The molecule has 14 heavy (non-hydrogen) atoms. The second-order valence-electron chi connectivity index (χ2n) is 4.42. The van der Waals surface area contributed by atoms with Crippen molar-refractivity contribution in [1.82, 2.24) is 5.32 Å². The van der Waals surface area contributed by atoms with Crippen LogP contribution in [0.2, 0.25) is 0 Å². The maximum Gasteiger partial charge on any atom is 0.320 e. The highest BCUT2D eigenvalue weighted by Gasteiger charge is 2.44. The molecule has 0 saturated heterocycles. The van der Waals surface area contributed by atoms with Gasteiger partial charge in [0.15, 0.2) is 0 Å². The van der Waals surface area contributed by atoms with Gasteiger partial charge in [0.25, 0.3) is 0 Å². The summed E-state index contributed by atoms with van der Waals surface area (Å²) in [4.78, 5) is 10.9. The van der Waals surface area contributed by atoms with Crippen molar-refractivity contribution in [2.45, 2.75) is 36.5 Å². The fraction of sp³-hybridized carbons (Fsp3) is 0.900. The minimum Gasteiger partial charge on any atom is -0.480 e. The van der Waals surface area contributed by atoms with Crippen molar-refractivity contribution in [3.63, 3.8) is 0 Å². The van der Waals surface area contributed by atoms with Gasteiger partial charge in [-0.2, -0.15) is 11.8 Å². The number of carboxylic acid groups (broad SMARTS) is 1. The van der Waals surface area contributed by atoms with Crippen LogP contribution in [-0.4, -0.2) is 34.7 Å². The fourth-order valence-electron chi connectivity index (χ4n) is 1.77. The Labute approximate surface area is 88.6 Å². The highest BCUT2D eigenvalue weighted by atomic mass is 32.2. The number of carbonyl (C=O) groups is 1. The first-order valence-electron chi connectivity index (χ1n) is 5.18. The Morgan fingerprint density at radius 2 is 2.29 bits per heavy atom. The number of carboxylic acids is 1. The molecule has 0 radical (unpaired) electrons. The molecule has 0 bridgehead atoms. The Morgan fingerprint density at radius 3 is 2.64 bits per heavy atom. The molecule has 0 aliphatic heterocycles. The summed E-state index contributed by atoms with van der Waals surface area (Å²) >= 11 is 1.87. The van der Waals surface area contributed by atoms with Crippen molar-refractivity contribution in [3.8, 4) is 0 Å². The monoisotopic (exact) mass is 215 g/mol. The van der Waals surface area contributed by atoms with Gasteiger partial charge in [0.1, 0.15) is 6.04 Å². The maximum absolute atomic E-state index is 10.9. The molecule has 2 aliphatic carbocycles. The zero-order valence-electron chi connectivity index (χ0n) is 8.45. The quantitative estimate of drug-likeness (QED) is 0.702. The van der Waals surface area contributed by atoms with Gasteiger partial charge in [0, 0.05) is 11.3 Å². The molecule has 1 unspecified atom stereocenters. The van der Waals surface area contributed by atoms with Gasteiger partial charge in [-0.15, -0.1) is 0 Å². The normalized spacial score (nSPS) is 25.8. The summed E-state index contributed by atoms with van der Waals surface area (Å²) < 4.78 is 0.364. The zero-order chi connectivity index (χ0) is 10.2. The Kier molecular flexibility index (Phi) is 2.75. The van der Waals surface area contributed by atoms with Crippen molar-refractivity contribution in [1.29, 1.82) is 0 Å². The number of hydrogen-bond donors (Lipinski definition) is 2. The predicted molar refractivity (Wildman–Crippen MR) is 57.6 cm³/mol. The standard InChI is InChI=1S/C10H17NO2S/c1-14-10(4-5-10)6-11-8(9(12)13)7-2-3-7/h7-8,11H,2-6H2,1H3,(H,12,13). The van der Waals surface area contributed by atoms with Crippen molar-refractivity contribution in [3.05, 3.63) is 0 Å². The molecule has 4 heteroatoms. The minimum atomic E-state index is -0.676. The average Bonchev–Trinajstić information content (AvgIpc) is 2.99. The SMILES string of the molecule is CSC1(CNC(C(=O)O)C2CC2)CC1. The van der Waals surface area contributed by atoms with Crippen molar-refractivity contribution < 1.29 is 9.90 Å². The Bertz CT molecular complexity index is 236. The van der Waals surface area contributed by atoms with E-state index in [1.54, 1.807) is 0 Å². The van der Waals surface area contributed by atoms with Gasteiger partial charge in [-0.1, -0.05) is 0 Å². The molecule has 80 valence electrons. The van der Waals surface area contributed by atoms with Gasteiger partial charge in [-0.3, -0.25) is 4.79 Å². The zero-order valence-corrected chi connectivity index (χ0v) is 9.27. The van der Waals surface area contributed by atoms with Crippen molar-refractivity contribution >= 4 is 17.7 Å². The lowest BCUT2D eigenvalue weighted by molar-refractivity contribution is -0.140. The van der Waals surface area contributed by atoms with Crippen LogP contribution < -0.4 is 5.32 Å². The van der Waals surface area contributed by atoms with E-state index in [1.807, 2.05) is 11.8 Å². The number of rotatable bonds is 6. The largest absolute Gasteiger partial charge is 0.480 e. The molecule has 3 nitrogen and oxygen atoms in total. The van der Waals surface area contributed by atoms with Gasteiger partial charge < -0.3 is 10.4 Å². The van der Waals surface area contributed by atoms with Crippen LogP contribution in [0.25, 0.3) is 0 Å². The Morgan fingerprint density at radius 1 is 1.64 bits per heavy atom. The molecule has 1 atom stereocenters. The summed E-state index contributed by atoms with van der Waals surface area (Å²) in [6, 6.07) is -0.292. The van der Waals surface area contributed by atoms with Gasteiger partial charge >= 0.3 is 5.97 Å². The molecule has 2 saturated carbocycles. The molecular formula is C10H17NO2S. The minimum absolute atomic E-state index is 0.292. The Hall–Kier alpha value is -0.220. The fourth-order valence-corrected chi connectivity index (χ4v) is 2.51. The lowest BCUT2D eigenvalue weighted by Gasteiger charge is -2.18. The predicted octanol–water partition coefficient (Wildman–Crippen LogP) is 1.33. The van der Waals surface area contributed by atoms with Crippen LogP contribution in [0.1, 0.15) is 25.7 Å². The molecule has 2 N–H and O–H groups in total. The number of thioether (sulfide) groups is 1. The lowest BCUT2D eigenvalue weighted by atomic mass is 10.2. The maximum atomic E-state index is 10.9. The molecule has 0 spiro atoms. The van der Waals surface area contributed by atoms with Crippen LogP contribution in [0, 0.1) is 5.92 Å². The van der Waals surface area contributed by atoms with Crippen LogP contribution in [-0.2, 0) is 4.79 Å². The van der Waals surface area contributed by atoms with E-state index in [4.69, 9.17) is 5.11 Å². The van der Waals surface area contributed by atoms with Crippen molar-refractivity contribution in [2.24, 2.45) is 5.92 Å². The van der Waals surface area contributed by atoms with Crippen LogP contribution >= 0.6 is 11.8 Å². The first-order chi connectivity index (χ1) is 6.67. The highest BCUT2D eigenvalue weighted by Crippen LogP contribution is 2.46. The van der Waals surface area contributed by atoms with Crippen LogP contribution in [0.3, 0.4) is 0 Å². The van der Waals surface area contributed by atoms with Crippen LogP contribution in [0.15, 0.2) is 0 Å². The molecule has 0 heterocycles. The third kappa shape index (κ3) is 2.23. The highest BCUT2D eigenvalue weighted by molar-refractivity contribution is 8.00. The lowest BCUT2D eigenvalue weighted by Crippen LogP contribution is -2.42. The number of aliphatic carboxylic acids is 1. The molecule has 0 amide bonds. The van der Waals surface area contributed by atoms with Crippen LogP contribution in [0.4, 0.5) is 0 Å². The van der Waals surface area contributed by atoms with E-state index < -0.39 is 5.97 Å². The summed E-state index contributed by atoms with van der Waals surface area (Å²) in [5, 5.41) is 12.2. The van der Waals surface area contributed by atoms with Gasteiger partial charge in [0.2, 0.25) is 0 Å². The molecule has 0 aromatic carbocycles. The van der Waals surface area contributed by atoms with E-state index >= 15 is 0 Å². The smallest absolute Gasteiger partial charge is 0.320 e. The van der Waals surface area contributed by atoms with Gasteiger partial charge in [0.05, 0.1) is 0 Å². The first-order valence-corrected chi connectivity index (χ1v) is 6.41. The molecule has 0 aromatic heterocycles. The molecule has 2 fully saturated rings. The van der Waals surface area contributed by atoms with Gasteiger partial charge in [-0.25, -0.2) is 0 Å². The van der Waals surface area contributed by atoms with E-state index in [9.17, 15) is 4.79 Å². The second kappa shape index (κ2) is 3.74. The molecule has 2 aliphatic rings. The van der Waals surface area contributed by atoms with E-state index in [0.29, 0.717) is 10.7 Å². The number of nitrogens with one attached hydrogen (secondary N) is 1. The molecular weight excluding hydrogens is 198 g/mol. The van der Waals surface area contributed by atoms with E-state index in [2.05, 4.69) is 11.6 Å². The second-order valence-corrected chi connectivity index (χ2v) is 5.70. The third-order valence-electron chi connectivity index (χ3n) is 3.24. The van der Waals surface area contributed by atoms with E-state index in [-0.39, 0.29) is 6.04 Å².